The minimum atomic E-state index is -0.820. The van der Waals surface area contributed by atoms with Crippen molar-refractivity contribution in [2.24, 2.45) is 5.41 Å². The summed E-state index contributed by atoms with van der Waals surface area (Å²) in [6, 6.07) is 1.80. The lowest BCUT2D eigenvalue weighted by atomic mass is 9.79. The van der Waals surface area contributed by atoms with Crippen LogP contribution in [0.5, 0.6) is 0 Å². The predicted octanol–water partition coefficient (Wildman–Crippen LogP) is 2.37. The summed E-state index contributed by atoms with van der Waals surface area (Å²) < 4.78 is 4.99. The number of aryl methyl sites for hydroxylation is 1. The first-order valence-electron chi connectivity index (χ1n) is 7.28. The Morgan fingerprint density at radius 3 is 2.57 bits per heavy atom. The predicted molar refractivity (Wildman–Crippen MR) is 75.5 cm³/mol. The van der Waals surface area contributed by atoms with Crippen LogP contribution >= 0.6 is 0 Å². The van der Waals surface area contributed by atoms with Crippen molar-refractivity contribution in [1.29, 1.82) is 0 Å². The second kappa shape index (κ2) is 6.28. The minimum absolute atomic E-state index is 0.0289. The lowest BCUT2D eigenvalue weighted by Crippen LogP contribution is -2.33. The number of aromatic nitrogens is 1. The molecule has 1 aromatic rings. The highest BCUT2D eigenvalue weighted by Gasteiger charge is 2.38. The summed E-state index contributed by atoms with van der Waals surface area (Å²) in [5, 5.41) is 13.0. The van der Waals surface area contributed by atoms with E-state index in [2.05, 4.69) is 5.16 Å². The van der Waals surface area contributed by atoms with Crippen molar-refractivity contribution in [2.75, 3.05) is 7.05 Å². The van der Waals surface area contributed by atoms with Crippen LogP contribution in [0, 0.1) is 12.3 Å². The average molecular weight is 294 g/mol. The number of carboxylic acids is 1. The van der Waals surface area contributed by atoms with E-state index in [0.717, 1.165) is 25.7 Å². The number of hydrogen-bond acceptors (Lipinski definition) is 4. The van der Waals surface area contributed by atoms with E-state index >= 15 is 0 Å². The Balaban J connectivity index is 1.96. The molecule has 2 rings (SSSR count). The van der Waals surface area contributed by atoms with Gasteiger partial charge >= 0.3 is 5.97 Å². The standard InChI is InChI=1S/C15H22N2O4/c1-11-7-12(16-21-11)10-17(2)13(18)8-15(9-14(19)20)5-3-4-6-15/h7H,3-6,8-10H2,1-2H3,(H,19,20). The summed E-state index contributed by atoms with van der Waals surface area (Å²) in [7, 11) is 1.72. The third-order valence-corrected chi connectivity index (χ3v) is 4.22. The Hall–Kier alpha value is -1.85. The van der Waals surface area contributed by atoms with Gasteiger partial charge in [-0.25, -0.2) is 0 Å². The molecule has 0 aliphatic heterocycles. The number of nitrogens with zero attached hydrogens (tertiary/aromatic N) is 2. The van der Waals surface area contributed by atoms with Gasteiger partial charge in [-0.3, -0.25) is 9.59 Å². The average Bonchev–Trinajstić information content (AvgIpc) is 2.98. The lowest BCUT2D eigenvalue weighted by Gasteiger charge is -2.28. The van der Waals surface area contributed by atoms with E-state index in [-0.39, 0.29) is 17.7 Å². The van der Waals surface area contributed by atoms with Crippen LogP contribution in [0.4, 0.5) is 0 Å². The quantitative estimate of drug-likeness (QED) is 0.870. The molecule has 1 fully saturated rings. The van der Waals surface area contributed by atoms with Crippen molar-refractivity contribution in [1.82, 2.24) is 10.1 Å². The fourth-order valence-corrected chi connectivity index (χ4v) is 3.14. The summed E-state index contributed by atoms with van der Waals surface area (Å²) in [5.74, 6) is -0.137. The van der Waals surface area contributed by atoms with Gasteiger partial charge in [-0.1, -0.05) is 18.0 Å². The number of carboxylic acid groups (broad SMARTS) is 1. The van der Waals surface area contributed by atoms with Crippen LogP contribution < -0.4 is 0 Å². The molecular weight excluding hydrogens is 272 g/mol. The van der Waals surface area contributed by atoms with E-state index < -0.39 is 5.97 Å². The van der Waals surface area contributed by atoms with E-state index in [9.17, 15) is 9.59 Å². The van der Waals surface area contributed by atoms with Gasteiger partial charge in [0.2, 0.25) is 5.91 Å². The topological polar surface area (TPSA) is 83.6 Å². The molecule has 1 amide bonds. The molecule has 0 unspecified atom stereocenters. The molecule has 1 heterocycles. The number of hydrogen-bond donors (Lipinski definition) is 1. The maximum atomic E-state index is 12.4. The van der Waals surface area contributed by atoms with Gasteiger partial charge in [0.25, 0.3) is 0 Å². The molecule has 6 heteroatoms. The summed E-state index contributed by atoms with van der Waals surface area (Å²) in [6.45, 7) is 2.19. The maximum absolute atomic E-state index is 12.4. The Morgan fingerprint density at radius 1 is 1.38 bits per heavy atom. The van der Waals surface area contributed by atoms with Crippen molar-refractivity contribution < 1.29 is 19.2 Å². The molecule has 0 spiro atoms. The fraction of sp³-hybridized carbons (Fsp3) is 0.667. The molecule has 1 saturated carbocycles. The second-order valence-corrected chi connectivity index (χ2v) is 6.13. The van der Waals surface area contributed by atoms with Crippen molar-refractivity contribution in [3.05, 3.63) is 17.5 Å². The van der Waals surface area contributed by atoms with Crippen LogP contribution in [0.25, 0.3) is 0 Å². The highest BCUT2D eigenvalue weighted by atomic mass is 16.5. The van der Waals surface area contributed by atoms with E-state index in [4.69, 9.17) is 9.63 Å². The zero-order valence-electron chi connectivity index (χ0n) is 12.6. The van der Waals surface area contributed by atoms with Crippen LogP contribution in [0.1, 0.15) is 50.0 Å². The monoisotopic (exact) mass is 294 g/mol. The molecule has 1 aliphatic carbocycles. The van der Waals surface area contributed by atoms with Gasteiger partial charge in [0.1, 0.15) is 11.5 Å². The maximum Gasteiger partial charge on any atom is 0.303 e. The molecule has 6 nitrogen and oxygen atoms in total. The Bertz CT molecular complexity index is 517. The second-order valence-electron chi connectivity index (χ2n) is 6.13. The zero-order chi connectivity index (χ0) is 15.5. The van der Waals surface area contributed by atoms with Gasteiger partial charge in [0.15, 0.2) is 0 Å². The number of amides is 1. The number of rotatable bonds is 6. The molecule has 21 heavy (non-hydrogen) atoms. The molecule has 0 radical (unpaired) electrons. The van der Waals surface area contributed by atoms with Crippen molar-refractivity contribution in [2.45, 2.75) is 52.0 Å². The van der Waals surface area contributed by atoms with Gasteiger partial charge < -0.3 is 14.5 Å². The normalized spacial score (nSPS) is 16.9. The van der Waals surface area contributed by atoms with Gasteiger partial charge in [0, 0.05) is 19.5 Å². The molecule has 1 aliphatic rings. The van der Waals surface area contributed by atoms with E-state index in [1.165, 1.54) is 0 Å². The highest BCUT2D eigenvalue weighted by Crippen LogP contribution is 2.44. The van der Waals surface area contributed by atoms with Crippen LogP contribution in [-0.4, -0.2) is 34.1 Å². The van der Waals surface area contributed by atoms with Gasteiger partial charge in [0.05, 0.1) is 13.0 Å². The van der Waals surface area contributed by atoms with E-state index in [0.29, 0.717) is 24.4 Å². The highest BCUT2D eigenvalue weighted by molar-refractivity contribution is 5.78. The van der Waals surface area contributed by atoms with E-state index in [1.54, 1.807) is 24.9 Å². The first-order valence-corrected chi connectivity index (χ1v) is 7.28. The Labute approximate surface area is 124 Å². The summed E-state index contributed by atoms with van der Waals surface area (Å²) in [6.07, 6.45) is 4.03. The molecule has 0 bridgehead atoms. The van der Waals surface area contributed by atoms with Crippen molar-refractivity contribution in [3.8, 4) is 0 Å². The Morgan fingerprint density at radius 2 is 2.05 bits per heavy atom. The van der Waals surface area contributed by atoms with Gasteiger partial charge in [-0.05, 0) is 25.2 Å². The van der Waals surface area contributed by atoms with Gasteiger partial charge in [-0.15, -0.1) is 0 Å². The molecule has 116 valence electrons. The number of carbonyl (C=O) groups is 2. The first-order chi connectivity index (χ1) is 9.90. The molecular formula is C15H22N2O4. The van der Waals surface area contributed by atoms with Crippen LogP contribution in [0.15, 0.2) is 10.6 Å². The molecule has 0 atom stereocenters. The van der Waals surface area contributed by atoms with E-state index in [1.807, 2.05) is 0 Å². The zero-order valence-corrected chi connectivity index (χ0v) is 12.6. The third-order valence-electron chi connectivity index (χ3n) is 4.22. The first kappa shape index (κ1) is 15.5. The van der Waals surface area contributed by atoms with Gasteiger partial charge in [-0.2, -0.15) is 0 Å². The summed E-state index contributed by atoms with van der Waals surface area (Å²) >= 11 is 0. The molecule has 1 aromatic heterocycles. The third kappa shape index (κ3) is 4.06. The lowest BCUT2D eigenvalue weighted by molar-refractivity contribution is -0.141. The van der Waals surface area contributed by atoms with Crippen molar-refractivity contribution in [3.63, 3.8) is 0 Å². The van der Waals surface area contributed by atoms with Crippen LogP contribution in [0.3, 0.4) is 0 Å². The number of carbonyl (C=O) groups excluding carboxylic acids is 1. The largest absolute Gasteiger partial charge is 0.481 e. The molecule has 0 aromatic carbocycles. The smallest absolute Gasteiger partial charge is 0.303 e. The Kier molecular flexibility index (Phi) is 4.65. The fourth-order valence-electron chi connectivity index (χ4n) is 3.14. The summed E-state index contributed by atoms with van der Waals surface area (Å²) in [4.78, 5) is 25.0. The minimum Gasteiger partial charge on any atom is -0.481 e. The number of aliphatic carboxylic acids is 1. The molecule has 0 saturated heterocycles. The van der Waals surface area contributed by atoms with Crippen LogP contribution in [0.2, 0.25) is 0 Å². The SMILES string of the molecule is Cc1cc(CN(C)C(=O)CC2(CC(=O)O)CCCC2)no1. The van der Waals surface area contributed by atoms with Crippen molar-refractivity contribution >= 4 is 11.9 Å². The summed E-state index contributed by atoms with van der Waals surface area (Å²) in [5.41, 5.74) is 0.346. The van der Waals surface area contributed by atoms with Crippen LogP contribution in [-0.2, 0) is 16.1 Å². The molecule has 1 N–H and O–H groups in total.